The molecule has 4 aromatic rings. The molecule has 0 fully saturated rings. The van der Waals surface area contributed by atoms with Crippen LogP contribution < -0.4 is 15.4 Å². The number of aromatic nitrogens is 2. The molecule has 3 N–H and O–H groups in total. The molecule has 0 aliphatic rings. The van der Waals surface area contributed by atoms with Crippen LogP contribution in [0.1, 0.15) is 12.0 Å². The van der Waals surface area contributed by atoms with Crippen molar-refractivity contribution in [2.45, 2.75) is 12.8 Å². The number of H-pyrrole nitrogens is 1. The minimum absolute atomic E-state index is 0.259. The zero-order chi connectivity index (χ0) is 20.8. The van der Waals surface area contributed by atoms with Crippen molar-refractivity contribution in [1.29, 1.82) is 0 Å². The van der Waals surface area contributed by atoms with E-state index in [0.29, 0.717) is 12.4 Å². The number of hydrogen-bond donors (Lipinski definition) is 3. The predicted octanol–water partition coefficient (Wildman–Crippen LogP) is 4.99. The summed E-state index contributed by atoms with van der Waals surface area (Å²) in [6.07, 6.45) is 1.80. The van der Waals surface area contributed by atoms with E-state index >= 15 is 0 Å². The molecule has 2 amide bonds. The molecule has 0 aliphatic heterocycles. The van der Waals surface area contributed by atoms with Crippen LogP contribution in [0.4, 0.5) is 10.6 Å². The fourth-order valence-corrected chi connectivity index (χ4v) is 3.46. The van der Waals surface area contributed by atoms with Crippen molar-refractivity contribution >= 4 is 22.8 Å². The van der Waals surface area contributed by atoms with Crippen molar-refractivity contribution in [1.82, 2.24) is 15.5 Å². The maximum absolute atomic E-state index is 12.2. The molecule has 0 saturated heterocycles. The summed E-state index contributed by atoms with van der Waals surface area (Å²) in [6, 6.07) is 23.8. The number of urea groups is 1. The highest BCUT2D eigenvalue weighted by molar-refractivity contribution is 6.00. The van der Waals surface area contributed by atoms with E-state index < -0.39 is 0 Å². The molecule has 0 spiro atoms. The monoisotopic (exact) mass is 400 g/mol. The van der Waals surface area contributed by atoms with E-state index in [9.17, 15) is 4.79 Å². The largest absolute Gasteiger partial charge is 0.496 e. The van der Waals surface area contributed by atoms with Crippen LogP contribution in [0, 0.1) is 0 Å². The number of para-hydroxylation sites is 1. The van der Waals surface area contributed by atoms with Crippen molar-refractivity contribution in [2.75, 3.05) is 19.0 Å². The molecule has 0 unspecified atom stereocenters. The Hall–Kier alpha value is -3.80. The van der Waals surface area contributed by atoms with Gasteiger partial charge >= 0.3 is 6.03 Å². The number of aryl methyl sites for hydroxylation is 1. The number of carbonyl (C=O) groups is 1. The van der Waals surface area contributed by atoms with Crippen LogP contribution in [0.2, 0.25) is 0 Å². The Balaban J connectivity index is 1.38. The second-order valence-corrected chi connectivity index (χ2v) is 7.00. The van der Waals surface area contributed by atoms with E-state index in [1.165, 1.54) is 5.56 Å². The average molecular weight is 400 g/mol. The van der Waals surface area contributed by atoms with Gasteiger partial charge in [0.25, 0.3) is 0 Å². The molecule has 0 atom stereocenters. The lowest BCUT2D eigenvalue weighted by atomic mass is 10.0. The number of anilines is 1. The molecule has 152 valence electrons. The van der Waals surface area contributed by atoms with E-state index in [2.05, 4.69) is 33.0 Å². The second kappa shape index (κ2) is 9.13. The SMILES string of the molecule is COc1ccccc1-c1ccc2c(NC(=O)NCCCc3ccccc3)n[nH]c2c1. The Labute approximate surface area is 175 Å². The first kappa shape index (κ1) is 19.5. The first-order valence-electron chi connectivity index (χ1n) is 9.95. The molecule has 30 heavy (non-hydrogen) atoms. The van der Waals surface area contributed by atoms with Crippen molar-refractivity contribution in [3.63, 3.8) is 0 Å². The van der Waals surface area contributed by atoms with Crippen LogP contribution in [0.3, 0.4) is 0 Å². The molecule has 0 aliphatic carbocycles. The van der Waals surface area contributed by atoms with Crippen molar-refractivity contribution in [3.8, 4) is 16.9 Å². The van der Waals surface area contributed by atoms with Gasteiger partial charge in [-0.3, -0.25) is 10.4 Å². The minimum Gasteiger partial charge on any atom is -0.496 e. The number of benzene rings is 3. The van der Waals surface area contributed by atoms with Gasteiger partial charge in [0, 0.05) is 17.5 Å². The number of carbonyl (C=O) groups excluding carboxylic acids is 1. The zero-order valence-electron chi connectivity index (χ0n) is 16.8. The Morgan fingerprint density at radius 1 is 1.03 bits per heavy atom. The number of fused-ring (bicyclic) bond motifs is 1. The molecule has 4 rings (SSSR count). The van der Waals surface area contributed by atoms with Crippen LogP contribution in [0.15, 0.2) is 72.8 Å². The van der Waals surface area contributed by atoms with Crippen LogP contribution in [0.5, 0.6) is 5.75 Å². The summed E-state index contributed by atoms with van der Waals surface area (Å²) in [7, 11) is 1.66. The van der Waals surface area contributed by atoms with Crippen LogP contribution >= 0.6 is 0 Å². The molecular weight excluding hydrogens is 376 g/mol. The van der Waals surface area contributed by atoms with Gasteiger partial charge in [0.2, 0.25) is 0 Å². The highest BCUT2D eigenvalue weighted by Crippen LogP contribution is 2.32. The lowest BCUT2D eigenvalue weighted by Crippen LogP contribution is -2.29. The molecule has 1 heterocycles. The summed E-state index contributed by atoms with van der Waals surface area (Å²) in [4.78, 5) is 12.2. The fraction of sp³-hybridized carbons (Fsp3) is 0.167. The summed E-state index contributed by atoms with van der Waals surface area (Å²) in [6.45, 7) is 0.598. The van der Waals surface area contributed by atoms with E-state index in [1.807, 2.05) is 60.7 Å². The Bertz CT molecular complexity index is 1140. The van der Waals surface area contributed by atoms with E-state index in [0.717, 1.165) is 40.6 Å². The number of nitrogens with one attached hydrogen (secondary N) is 3. The lowest BCUT2D eigenvalue weighted by Gasteiger charge is -2.08. The Morgan fingerprint density at radius 3 is 2.67 bits per heavy atom. The van der Waals surface area contributed by atoms with Gasteiger partial charge in [-0.05, 0) is 42.2 Å². The second-order valence-electron chi connectivity index (χ2n) is 7.00. The number of amides is 2. The topological polar surface area (TPSA) is 79.0 Å². The van der Waals surface area contributed by atoms with Gasteiger partial charge < -0.3 is 10.1 Å². The van der Waals surface area contributed by atoms with Gasteiger partial charge in [0.1, 0.15) is 5.75 Å². The summed E-state index contributed by atoms with van der Waals surface area (Å²) in [5.41, 5.74) is 4.13. The Kier molecular flexibility index (Phi) is 5.94. The third kappa shape index (κ3) is 4.43. The molecule has 0 saturated carbocycles. The molecule has 6 heteroatoms. The molecule has 0 bridgehead atoms. The lowest BCUT2D eigenvalue weighted by molar-refractivity contribution is 0.252. The fourth-order valence-electron chi connectivity index (χ4n) is 3.46. The third-order valence-corrected chi connectivity index (χ3v) is 4.98. The smallest absolute Gasteiger partial charge is 0.320 e. The maximum atomic E-state index is 12.2. The highest BCUT2D eigenvalue weighted by Gasteiger charge is 2.11. The van der Waals surface area contributed by atoms with Crippen LogP contribution in [0.25, 0.3) is 22.0 Å². The number of aromatic amines is 1. The van der Waals surface area contributed by atoms with Crippen LogP contribution in [-0.4, -0.2) is 29.9 Å². The van der Waals surface area contributed by atoms with E-state index in [4.69, 9.17) is 4.74 Å². The standard InChI is InChI=1S/C24H24N4O2/c1-30-22-12-6-5-11-19(22)18-13-14-20-21(16-18)27-28-23(20)26-24(29)25-15-7-10-17-8-3-2-4-9-17/h2-6,8-9,11-14,16H,7,10,15H2,1H3,(H3,25,26,27,28,29). The quantitative estimate of drug-likeness (QED) is 0.382. The summed E-state index contributed by atoms with van der Waals surface area (Å²) < 4.78 is 5.45. The summed E-state index contributed by atoms with van der Waals surface area (Å²) in [5.74, 6) is 1.32. The van der Waals surface area contributed by atoms with Gasteiger partial charge in [-0.25, -0.2) is 4.79 Å². The van der Waals surface area contributed by atoms with E-state index in [-0.39, 0.29) is 6.03 Å². The maximum Gasteiger partial charge on any atom is 0.320 e. The number of rotatable bonds is 7. The molecule has 6 nitrogen and oxygen atoms in total. The first-order valence-corrected chi connectivity index (χ1v) is 9.95. The number of ether oxygens (including phenoxy) is 1. The van der Waals surface area contributed by atoms with Crippen molar-refractivity contribution < 1.29 is 9.53 Å². The number of hydrogen-bond acceptors (Lipinski definition) is 3. The number of methoxy groups -OCH3 is 1. The predicted molar refractivity (Wildman–Crippen MR) is 120 cm³/mol. The minimum atomic E-state index is -0.259. The Morgan fingerprint density at radius 2 is 1.83 bits per heavy atom. The molecule has 3 aromatic carbocycles. The highest BCUT2D eigenvalue weighted by atomic mass is 16.5. The van der Waals surface area contributed by atoms with Gasteiger partial charge in [-0.2, -0.15) is 5.10 Å². The van der Waals surface area contributed by atoms with Crippen molar-refractivity contribution in [2.24, 2.45) is 0 Å². The average Bonchev–Trinajstić information content (AvgIpc) is 3.19. The summed E-state index contributed by atoms with van der Waals surface area (Å²) >= 11 is 0. The normalized spacial score (nSPS) is 10.7. The number of nitrogens with zero attached hydrogens (tertiary/aromatic N) is 1. The third-order valence-electron chi connectivity index (χ3n) is 4.98. The van der Waals surface area contributed by atoms with E-state index in [1.54, 1.807) is 7.11 Å². The molecular formula is C24H24N4O2. The van der Waals surface area contributed by atoms with Gasteiger partial charge in [-0.1, -0.05) is 54.6 Å². The van der Waals surface area contributed by atoms with Crippen molar-refractivity contribution in [3.05, 3.63) is 78.4 Å². The first-order chi connectivity index (χ1) is 14.7. The molecule has 1 aromatic heterocycles. The van der Waals surface area contributed by atoms with Gasteiger partial charge in [-0.15, -0.1) is 0 Å². The zero-order valence-corrected chi connectivity index (χ0v) is 16.8. The summed E-state index contributed by atoms with van der Waals surface area (Å²) in [5, 5.41) is 13.8. The van der Waals surface area contributed by atoms with Gasteiger partial charge in [0.15, 0.2) is 5.82 Å². The van der Waals surface area contributed by atoms with Crippen LogP contribution in [-0.2, 0) is 6.42 Å². The van der Waals surface area contributed by atoms with Gasteiger partial charge in [0.05, 0.1) is 12.6 Å². The molecule has 0 radical (unpaired) electrons.